The summed E-state index contributed by atoms with van der Waals surface area (Å²) in [6.45, 7) is 10.5. The average molecular weight is 211 g/mol. The zero-order valence-corrected chi connectivity index (χ0v) is 10.4. The van der Waals surface area contributed by atoms with E-state index in [1.54, 1.807) is 0 Å². The summed E-state index contributed by atoms with van der Waals surface area (Å²) < 4.78 is 0. The Morgan fingerprint density at radius 2 is 2.00 bits per heavy atom. The highest BCUT2D eigenvalue weighted by molar-refractivity contribution is 4.75. The van der Waals surface area contributed by atoms with Crippen molar-refractivity contribution in [2.45, 2.75) is 40.0 Å². The van der Waals surface area contributed by atoms with E-state index in [0.717, 1.165) is 39.0 Å². The molecule has 0 saturated carbocycles. The van der Waals surface area contributed by atoms with Crippen LogP contribution in [0.3, 0.4) is 0 Å². The normalized spacial score (nSPS) is 11.7. The van der Waals surface area contributed by atoms with Gasteiger partial charge in [-0.1, -0.05) is 20.8 Å². The van der Waals surface area contributed by atoms with E-state index >= 15 is 0 Å². The second-order valence-electron chi connectivity index (χ2n) is 4.85. The Balaban J connectivity index is 3.78. The standard InChI is InChI=1S/C12H25N3/c1-4-15(9-7-5-6-8-13)11-12(2,3)10-14/h4-7,9-11,14H2,1-3H3. The monoisotopic (exact) mass is 211 g/mol. The lowest BCUT2D eigenvalue weighted by Gasteiger charge is -2.30. The number of hydrogen-bond acceptors (Lipinski definition) is 3. The third-order valence-corrected chi connectivity index (χ3v) is 2.66. The lowest BCUT2D eigenvalue weighted by atomic mass is 9.93. The van der Waals surface area contributed by atoms with Gasteiger partial charge in [0.1, 0.15) is 0 Å². The molecule has 0 unspecified atom stereocenters. The van der Waals surface area contributed by atoms with Crippen molar-refractivity contribution in [1.82, 2.24) is 4.90 Å². The van der Waals surface area contributed by atoms with Crippen LogP contribution in [-0.4, -0.2) is 31.1 Å². The first-order valence-corrected chi connectivity index (χ1v) is 5.85. The molecular weight excluding hydrogens is 186 g/mol. The molecular formula is C12H25N3. The molecule has 0 amide bonds. The van der Waals surface area contributed by atoms with Gasteiger partial charge in [-0.3, -0.25) is 0 Å². The summed E-state index contributed by atoms with van der Waals surface area (Å²) in [6.07, 6.45) is 2.80. The van der Waals surface area contributed by atoms with Crippen LogP contribution in [0.15, 0.2) is 0 Å². The molecule has 3 heteroatoms. The molecule has 0 aromatic heterocycles. The molecule has 0 heterocycles. The van der Waals surface area contributed by atoms with Crippen molar-refractivity contribution in [1.29, 1.82) is 5.26 Å². The van der Waals surface area contributed by atoms with Gasteiger partial charge in [-0.15, -0.1) is 0 Å². The van der Waals surface area contributed by atoms with Crippen LogP contribution in [0.5, 0.6) is 0 Å². The van der Waals surface area contributed by atoms with Crippen LogP contribution in [0.1, 0.15) is 40.0 Å². The third kappa shape index (κ3) is 7.35. The van der Waals surface area contributed by atoms with Gasteiger partial charge in [0, 0.05) is 13.0 Å². The van der Waals surface area contributed by atoms with Gasteiger partial charge >= 0.3 is 0 Å². The number of hydrogen-bond donors (Lipinski definition) is 1. The Morgan fingerprint density at radius 1 is 1.33 bits per heavy atom. The van der Waals surface area contributed by atoms with Crippen molar-refractivity contribution in [2.75, 3.05) is 26.2 Å². The maximum absolute atomic E-state index is 8.43. The van der Waals surface area contributed by atoms with Gasteiger partial charge in [0.15, 0.2) is 0 Å². The molecule has 0 spiro atoms. The van der Waals surface area contributed by atoms with E-state index < -0.39 is 0 Å². The highest BCUT2D eigenvalue weighted by Crippen LogP contribution is 2.15. The minimum atomic E-state index is 0.200. The molecule has 15 heavy (non-hydrogen) atoms. The van der Waals surface area contributed by atoms with E-state index in [-0.39, 0.29) is 5.41 Å². The first kappa shape index (κ1) is 14.4. The van der Waals surface area contributed by atoms with E-state index in [0.29, 0.717) is 6.42 Å². The quantitative estimate of drug-likeness (QED) is 0.625. The topological polar surface area (TPSA) is 53.0 Å². The van der Waals surface area contributed by atoms with Gasteiger partial charge in [0.25, 0.3) is 0 Å². The Labute approximate surface area is 94.2 Å². The Hall–Kier alpha value is -0.590. The van der Waals surface area contributed by atoms with Crippen molar-refractivity contribution in [3.05, 3.63) is 0 Å². The zero-order chi connectivity index (χ0) is 11.7. The minimum absolute atomic E-state index is 0.200. The smallest absolute Gasteiger partial charge is 0.0621 e. The Morgan fingerprint density at radius 3 is 2.47 bits per heavy atom. The van der Waals surface area contributed by atoms with E-state index in [1.807, 2.05) is 0 Å². The maximum Gasteiger partial charge on any atom is 0.0621 e. The first-order valence-electron chi connectivity index (χ1n) is 5.85. The van der Waals surface area contributed by atoms with Crippen molar-refractivity contribution in [2.24, 2.45) is 11.1 Å². The number of nitrogens with zero attached hydrogens (tertiary/aromatic N) is 2. The highest BCUT2D eigenvalue weighted by atomic mass is 15.1. The summed E-state index contributed by atoms with van der Waals surface area (Å²) in [4.78, 5) is 2.42. The lowest BCUT2D eigenvalue weighted by molar-refractivity contribution is 0.187. The number of unbranched alkanes of at least 4 members (excludes halogenated alkanes) is 2. The van der Waals surface area contributed by atoms with Crippen LogP contribution in [0.2, 0.25) is 0 Å². The largest absolute Gasteiger partial charge is 0.330 e. The van der Waals surface area contributed by atoms with Gasteiger partial charge in [-0.05, 0) is 37.9 Å². The second kappa shape index (κ2) is 7.67. The molecule has 0 aliphatic heterocycles. The van der Waals surface area contributed by atoms with Crippen molar-refractivity contribution in [3.63, 3.8) is 0 Å². The van der Waals surface area contributed by atoms with Gasteiger partial charge in [0.05, 0.1) is 6.07 Å². The fraction of sp³-hybridized carbons (Fsp3) is 0.917. The van der Waals surface area contributed by atoms with Crippen LogP contribution in [0, 0.1) is 16.7 Å². The summed E-state index contributed by atoms with van der Waals surface area (Å²) in [6, 6.07) is 2.18. The van der Waals surface area contributed by atoms with Crippen molar-refractivity contribution < 1.29 is 0 Å². The van der Waals surface area contributed by atoms with Crippen LogP contribution in [-0.2, 0) is 0 Å². The molecule has 0 rings (SSSR count). The predicted molar refractivity (Wildman–Crippen MR) is 64.4 cm³/mol. The molecule has 3 nitrogen and oxygen atoms in total. The molecule has 0 radical (unpaired) electrons. The highest BCUT2D eigenvalue weighted by Gasteiger charge is 2.18. The van der Waals surface area contributed by atoms with Crippen molar-refractivity contribution >= 4 is 0 Å². The van der Waals surface area contributed by atoms with Crippen LogP contribution >= 0.6 is 0 Å². The van der Waals surface area contributed by atoms with Gasteiger partial charge in [-0.2, -0.15) is 5.26 Å². The van der Waals surface area contributed by atoms with E-state index in [2.05, 4.69) is 31.7 Å². The third-order valence-electron chi connectivity index (χ3n) is 2.66. The summed E-state index contributed by atoms with van der Waals surface area (Å²) in [5.74, 6) is 0. The van der Waals surface area contributed by atoms with Crippen LogP contribution in [0.4, 0.5) is 0 Å². The summed E-state index contributed by atoms with van der Waals surface area (Å²) in [5, 5.41) is 8.43. The molecule has 0 aromatic carbocycles. The maximum atomic E-state index is 8.43. The fourth-order valence-corrected chi connectivity index (χ4v) is 1.56. The fourth-order valence-electron chi connectivity index (χ4n) is 1.56. The Kier molecular flexibility index (Phi) is 7.37. The van der Waals surface area contributed by atoms with E-state index in [9.17, 15) is 0 Å². The molecule has 0 bridgehead atoms. The van der Waals surface area contributed by atoms with Gasteiger partial charge in [0.2, 0.25) is 0 Å². The average Bonchev–Trinajstić information content (AvgIpc) is 2.22. The molecule has 0 fully saturated rings. The summed E-state index contributed by atoms with van der Waals surface area (Å²) in [5.41, 5.74) is 5.92. The summed E-state index contributed by atoms with van der Waals surface area (Å²) >= 11 is 0. The van der Waals surface area contributed by atoms with Crippen molar-refractivity contribution in [3.8, 4) is 6.07 Å². The first-order chi connectivity index (χ1) is 7.05. The lowest BCUT2D eigenvalue weighted by Crippen LogP contribution is -2.39. The van der Waals surface area contributed by atoms with Crippen LogP contribution in [0.25, 0.3) is 0 Å². The molecule has 0 aliphatic carbocycles. The Bertz CT molecular complexity index is 194. The number of rotatable bonds is 8. The molecule has 2 N–H and O–H groups in total. The van der Waals surface area contributed by atoms with Crippen LogP contribution < -0.4 is 5.73 Å². The SMILES string of the molecule is CCN(CCCCC#N)CC(C)(C)CN. The second-order valence-corrected chi connectivity index (χ2v) is 4.85. The van der Waals surface area contributed by atoms with Gasteiger partial charge in [-0.25, -0.2) is 0 Å². The molecule has 88 valence electrons. The van der Waals surface area contributed by atoms with E-state index in [1.165, 1.54) is 0 Å². The number of nitriles is 1. The molecule has 0 aliphatic rings. The molecule has 0 saturated heterocycles. The predicted octanol–water partition coefficient (Wildman–Crippen LogP) is 1.99. The zero-order valence-electron chi connectivity index (χ0n) is 10.4. The van der Waals surface area contributed by atoms with Gasteiger partial charge < -0.3 is 10.6 Å². The molecule has 0 aromatic rings. The summed E-state index contributed by atoms with van der Waals surface area (Å²) in [7, 11) is 0. The number of nitrogens with two attached hydrogens (primary N) is 1. The van der Waals surface area contributed by atoms with E-state index in [4.69, 9.17) is 11.0 Å². The molecule has 0 atom stereocenters. The minimum Gasteiger partial charge on any atom is -0.330 e.